The first kappa shape index (κ1) is 10.6. The topological polar surface area (TPSA) is 56.7 Å². The van der Waals surface area contributed by atoms with Gasteiger partial charge in [0.1, 0.15) is 12.2 Å². The molecule has 1 heterocycles. The van der Waals surface area contributed by atoms with E-state index in [9.17, 15) is 0 Å². The molecule has 1 fully saturated rings. The van der Waals surface area contributed by atoms with E-state index in [2.05, 4.69) is 10.1 Å². The lowest BCUT2D eigenvalue weighted by molar-refractivity contribution is 0.357. The lowest BCUT2D eigenvalue weighted by Gasteiger charge is -2.27. The molecule has 0 radical (unpaired) electrons. The Labute approximate surface area is 90.9 Å². The van der Waals surface area contributed by atoms with Crippen LogP contribution in [0.4, 0.5) is 0 Å². The number of hydrogen-bond donors (Lipinski definition) is 1. The minimum absolute atomic E-state index is 0.0444. The van der Waals surface area contributed by atoms with E-state index in [1.54, 1.807) is 6.33 Å². The number of aryl methyl sites for hydroxylation is 1. The van der Waals surface area contributed by atoms with Crippen LogP contribution in [-0.2, 0) is 13.5 Å². The van der Waals surface area contributed by atoms with Gasteiger partial charge in [-0.2, -0.15) is 5.10 Å². The molecule has 2 N–H and O–H groups in total. The van der Waals surface area contributed by atoms with Gasteiger partial charge in [-0.3, -0.25) is 4.68 Å². The summed E-state index contributed by atoms with van der Waals surface area (Å²) in [4.78, 5) is 4.26. The lowest BCUT2D eigenvalue weighted by atomic mass is 9.88. The van der Waals surface area contributed by atoms with Crippen LogP contribution in [0, 0.1) is 0 Å². The molecule has 1 aliphatic rings. The Morgan fingerprint density at radius 1 is 1.33 bits per heavy atom. The third-order valence-corrected chi connectivity index (χ3v) is 3.41. The molecule has 1 aromatic heterocycles. The fraction of sp³-hybridized carbons (Fsp3) is 0.818. The van der Waals surface area contributed by atoms with Crippen molar-refractivity contribution in [1.82, 2.24) is 14.8 Å². The molecule has 0 aromatic carbocycles. The van der Waals surface area contributed by atoms with E-state index in [1.807, 2.05) is 11.7 Å². The van der Waals surface area contributed by atoms with Gasteiger partial charge in [0.25, 0.3) is 0 Å². The van der Waals surface area contributed by atoms with Gasteiger partial charge in [-0.15, -0.1) is 0 Å². The van der Waals surface area contributed by atoms with Gasteiger partial charge in [0.05, 0.1) is 0 Å². The molecular weight excluding hydrogens is 188 g/mol. The molecule has 1 aliphatic carbocycles. The van der Waals surface area contributed by atoms with E-state index in [-0.39, 0.29) is 5.54 Å². The van der Waals surface area contributed by atoms with Crippen LogP contribution in [0.15, 0.2) is 6.33 Å². The quantitative estimate of drug-likeness (QED) is 0.748. The van der Waals surface area contributed by atoms with E-state index in [1.165, 1.54) is 25.7 Å². The molecule has 2 rings (SSSR count). The summed E-state index contributed by atoms with van der Waals surface area (Å²) in [6, 6.07) is 0. The summed E-state index contributed by atoms with van der Waals surface area (Å²) in [5.41, 5.74) is 6.39. The Morgan fingerprint density at radius 2 is 2.00 bits per heavy atom. The van der Waals surface area contributed by atoms with Crippen LogP contribution in [0.3, 0.4) is 0 Å². The zero-order chi connectivity index (χ0) is 10.7. The molecule has 4 nitrogen and oxygen atoms in total. The zero-order valence-corrected chi connectivity index (χ0v) is 9.45. The van der Waals surface area contributed by atoms with Crippen molar-refractivity contribution in [3.63, 3.8) is 0 Å². The van der Waals surface area contributed by atoms with Crippen molar-refractivity contribution < 1.29 is 0 Å². The third kappa shape index (κ3) is 2.56. The average molecular weight is 208 g/mol. The van der Waals surface area contributed by atoms with Crippen molar-refractivity contribution in [3.8, 4) is 0 Å². The van der Waals surface area contributed by atoms with E-state index in [0.29, 0.717) is 0 Å². The number of nitrogens with two attached hydrogens (primary N) is 1. The van der Waals surface area contributed by atoms with Gasteiger partial charge < -0.3 is 5.73 Å². The molecule has 0 saturated heterocycles. The molecule has 15 heavy (non-hydrogen) atoms. The zero-order valence-electron chi connectivity index (χ0n) is 9.45. The van der Waals surface area contributed by atoms with Gasteiger partial charge in [0.2, 0.25) is 0 Å². The van der Waals surface area contributed by atoms with Crippen LogP contribution in [0.5, 0.6) is 0 Å². The first-order valence-corrected chi connectivity index (χ1v) is 5.81. The minimum atomic E-state index is -0.0444. The van der Waals surface area contributed by atoms with Crippen molar-refractivity contribution in [2.75, 3.05) is 0 Å². The average Bonchev–Trinajstić information content (AvgIpc) is 2.48. The number of hydrogen-bond acceptors (Lipinski definition) is 3. The molecule has 1 aromatic rings. The molecule has 84 valence electrons. The summed E-state index contributed by atoms with van der Waals surface area (Å²) < 4.78 is 1.83. The van der Waals surface area contributed by atoms with Crippen molar-refractivity contribution in [3.05, 3.63) is 12.2 Å². The molecule has 0 atom stereocenters. The molecule has 0 unspecified atom stereocenters. The van der Waals surface area contributed by atoms with Crippen LogP contribution in [0.25, 0.3) is 0 Å². The van der Waals surface area contributed by atoms with E-state index < -0.39 is 0 Å². The summed E-state index contributed by atoms with van der Waals surface area (Å²) in [6.45, 7) is 0. The Hall–Kier alpha value is -0.900. The summed E-state index contributed by atoms with van der Waals surface area (Å²) in [5, 5.41) is 4.09. The van der Waals surface area contributed by atoms with Crippen molar-refractivity contribution in [2.24, 2.45) is 12.8 Å². The maximum absolute atomic E-state index is 6.44. The first-order valence-electron chi connectivity index (χ1n) is 5.81. The van der Waals surface area contributed by atoms with Crippen molar-refractivity contribution in [2.45, 2.75) is 50.5 Å². The van der Waals surface area contributed by atoms with Gasteiger partial charge in [-0.25, -0.2) is 4.98 Å². The van der Waals surface area contributed by atoms with Crippen LogP contribution in [0.1, 0.15) is 44.3 Å². The minimum Gasteiger partial charge on any atom is -0.325 e. The largest absolute Gasteiger partial charge is 0.325 e. The SMILES string of the molecule is Cn1ncnc1CC1(N)CCCCCC1. The second kappa shape index (κ2) is 4.31. The first-order chi connectivity index (χ1) is 7.20. The van der Waals surface area contributed by atoms with Crippen molar-refractivity contribution >= 4 is 0 Å². The van der Waals surface area contributed by atoms with Crippen LogP contribution in [0.2, 0.25) is 0 Å². The molecule has 1 saturated carbocycles. The molecule has 0 bridgehead atoms. The predicted molar refractivity (Wildman–Crippen MR) is 59.3 cm³/mol. The second-order valence-corrected chi connectivity index (χ2v) is 4.75. The highest BCUT2D eigenvalue weighted by Gasteiger charge is 2.27. The van der Waals surface area contributed by atoms with Gasteiger partial charge in [-0.05, 0) is 12.8 Å². The van der Waals surface area contributed by atoms with Crippen LogP contribution >= 0.6 is 0 Å². The predicted octanol–water partition coefficient (Wildman–Crippen LogP) is 1.41. The summed E-state index contributed by atoms with van der Waals surface area (Å²) in [7, 11) is 1.93. The Bertz CT molecular complexity index is 310. The highest BCUT2D eigenvalue weighted by molar-refractivity contribution is 4.97. The van der Waals surface area contributed by atoms with Gasteiger partial charge in [0, 0.05) is 19.0 Å². The molecule has 0 amide bonds. The normalized spacial score (nSPS) is 21.2. The number of rotatable bonds is 2. The standard InChI is InChI=1S/C11H20N4/c1-15-10(13-9-14-15)8-11(12)6-4-2-3-5-7-11/h9H,2-8,12H2,1H3. The van der Waals surface area contributed by atoms with Gasteiger partial charge in [-0.1, -0.05) is 25.7 Å². The van der Waals surface area contributed by atoms with Gasteiger partial charge >= 0.3 is 0 Å². The molecule has 4 heteroatoms. The monoisotopic (exact) mass is 208 g/mol. The van der Waals surface area contributed by atoms with E-state index in [4.69, 9.17) is 5.73 Å². The van der Waals surface area contributed by atoms with Crippen LogP contribution < -0.4 is 5.73 Å². The Morgan fingerprint density at radius 3 is 2.53 bits per heavy atom. The maximum atomic E-state index is 6.44. The summed E-state index contributed by atoms with van der Waals surface area (Å²) in [6.07, 6.45) is 9.90. The van der Waals surface area contributed by atoms with Crippen molar-refractivity contribution in [1.29, 1.82) is 0 Å². The maximum Gasteiger partial charge on any atom is 0.138 e. The highest BCUT2D eigenvalue weighted by atomic mass is 15.3. The molecule has 0 aliphatic heterocycles. The third-order valence-electron chi connectivity index (χ3n) is 3.41. The molecular formula is C11H20N4. The number of aromatic nitrogens is 3. The smallest absolute Gasteiger partial charge is 0.138 e. The fourth-order valence-corrected chi connectivity index (χ4v) is 2.40. The van der Waals surface area contributed by atoms with E-state index in [0.717, 1.165) is 25.1 Å². The Balaban J connectivity index is 2.05. The Kier molecular flexibility index (Phi) is 3.05. The second-order valence-electron chi connectivity index (χ2n) is 4.75. The lowest BCUT2D eigenvalue weighted by Crippen LogP contribution is -2.42. The highest BCUT2D eigenvalue weighted by Crippen LogP contribution is 2.27. The van der Waals surface area contributed by atoms with Crippen LogP contribution in [-0.4, -0.2) is 20.3 Å². The number of nitrogens with zero attached hydrogens (tertiary/aromatic N) is 3. The van der Waals surface area contributed by atoms with E-state index >= 15 is 0 Å². The van der Waals surface area contributed by atoms with Gasteiger partial charge in [0.15, 0.2) is 0 Å². The fourth-order valence-electron chi connectivity index (χ4n) is 2.40. The molecule has 0 spiro atoms. The summed E-state index contributed by atoms with van der Waals surface area (Å²) in [5.74, 6) is 1.01. The summed E-state index contributed by atoms with van der Waals surface area (Å²) >= 11 is 0.